The second-order valence-electron chi connectivity index (χ2n) is 11.4. The topological polar surface area (TPSA) is 47.6 Å². The fraction of sp³-hybridized carbons (Fsp3) is 0.0500. The molecule has 6 aromatic rings. The van der Waals surface area contributed by atoms with E-state index in [0.29, 0.717) is 0 Å². The predicted molar refractivity (Wildman–Crippen MR) is 217 cm³/mol. The summed E-state index contributed by atoms with van der Waals surface area (Å²) < 4.78 is 119. The van der Waals surface area contributed by atoms with Crippen molar-refractivity contribution in [3.05, 3.63) is 170 Å². The van der Waals surface area contributed by atoms with Crippen LogP contribution in [0.3, 0.4) is 0 Å². The molecule has 0 saturated carbocycles. The molecule has 0 saturated heterocycles. The first kappa shape index (κ1) is 53.6. The molecule has 6 rings (SSSR count). The van der Waals surface area contributed by atoms with E-state index in [0.717, 1.165) is 0 Å². The van der Waals surface area contributed by atoms with E-state index in [1.165, 1.54) is 56.8 Å². The number of benzene rings is 6. The first-order valence-corrected chi connectivity index (χ1v) is 30.6. The van der Waals surface area contributed by atoms with Gasteiger partial charge in [-0.05, 0) is 58.8 Å². The smallest absolute Gasteiger partial charge is 0.0622 e. The molecule has 0 heterocycles. The van der Waals surface area contributed by atoms with Crippen molar-refractivity contribution in [3.8, 4) is 23.3 Å². The van der Waals surface area contributed by atoms with Crippen LogP contribution in [0.4, 0.5) is 33.8 Å². The van der Waals surface area contributed by atoms with E-state index in [4.69, 9.17) is 10.5 Å². The standard InChI is InChI=1S/C36H28P2.2C2H3N.12FH.Pd.2Sb/c1-5-17-29(18-6-1)37(30-19-7-2-8-20-30)35-27-15-13-25-33(35)34-26-14-16-28-36(34)38(31-21-9-3-10-22-31)32-23-11-4-12-24-32;2*1-2-3;;;;;;;;;;;;;;;/h1-28H;2*1H3;12*1H;;;/q;;;;;;;;;;;;;;;+2;2*+5/p-12. The molecular weight excluding hydrogens is 1150 g/mol. The quantitative estimate of drug-likeness (QED) is 0.0908. The molecule has 318 valence electrons. The van der Waals surface area contributed by atoms with Crippen LogP contribution >= 0.6 is 15.8 Å². The van der Waals surface area contributed by atoms with Crippen LogP contribution in [0.1, 0.15) is 13.8 Å². The number of halogens is 12. The SMILES string of the molecule is CC#N.CC#N.[F][Sb-]([F])([F])([F])([F])[F].[F][Sb-]([F])([F])([F])([F])[F].[Pd+2].c1ccc(P(c2ccccc2)c2ccccc2-c2ccccc2P(c2ccccc2)c2ccccc2)cc1. The fourth-order valence-electron chi connectivity index (χ4n) is 4.96. The number of nitriles is 2. The summed E-state index contributed by atoms with van der Waals surface area (Å²) in [5, 5.41) is 22.9. The van der Waals surface area contributed by atoms with Crippen LogP contribution < -0.4 is 31.8 Å². The van der Waals surface area contributed by atoms with Crippen LogP contribution in [-0.4, -0.2) is 39.0 Å². The predicted octanol–water partition coefficient (Wildman–Crippen LogP) is 12.2. The van der Waals surface area contributed by atoms with E-state index in [1.54, 1.807) is 12.1 Å². The van der Waals surface area contributed by atoms with Gasteiger partial charge in [-0.1, -0.05) is 170 Å². The van der Waals surface area contributed by atoms with Crippen LogP contribution in [0.25, 0.3) is 11.1 Å². The normalized spacial score (nSPS) is 12.9. The Kier molecular flexibility index (Phi) is 19.0. The van der Waals surface area contributed by atoms with E-state index >= 15 is 0 Å². The van der Waals surface area contributed by atoms with Gasteiger partial charge < -0.3 is 0 Å². The molecule has 0 N–H and O–H groups in total. The summed E-state index contributed by atoms with van der Waals surface area (Å²) in [7, 11) is -1.45. The zero-order chi connectivity index (χ0) is 43.8. The minimum Gasteiger partial charge on any atom is -0.0622 e. The molecule has 0 bridgehead atoms. The fourth-order valence-corrected chi connectivity index (χ4v) is 9.89. The van der Waals surface area contributed by atoms with Crippen molar-refractivity contribution >= 4 is 86.6 Å². The largest absolute Gasteiger partial charge is 2.00 e. The Bertz CT molecular complexity index is 2010. The Hall–Kier alpha value is -3.38. The maximum Gasteiger partial charge on any atom is 2.00 e. The van der Waals surface area contributed by atoms with Crippen LogP contribution in [0.2, 0.25) is 0 Å². The Morgan fingerprint density at radius 1 is 0.339 bits per heavy atom. The third-order valence-corrected chi connectivity index (χ3v) is 11.6. The molecule has 0 spiro atoms. The number of hydrogen-bond donors (Lipinski definition) is 0. The minimum absolute atomic E-state index is 0. The third-order valence-electron chi connectivity index (χ3n) is 6.64. The second-order valence-corrected chi connectivity index (χ2v) is 26.7. The Morgan fingerprint density at radius 3 is 0.678 bits per heavy atom. The van der Waals surface area contributed by atoms with Crippen molar-refractivity contribution in [2.24, 2.45) is 0 Å². The molecule has 0 aliphatic heterocycles. The van der Waals surface area contributed by atoms with Gasteiger partial charge in [-0.25, -0.2) is 0 Å². The Labute approximate surface area is 355 Å². The van der Waals surface area contributed by atoms with Gasteiger partial charge in [-0.3, -0.25) is 0 Å². The molecule has 0 unspecified atom stereocenters. The summed E-state index contributed by atoms with van der Waals surface area (Å²) in [5.41, 5.74) is 2.64. The van der Waals surface area contributed by atoms with E-state index in [9.17, 15) is 33.8 Å². The molecule has 0 atom stereocenters. The molecule has 0 amide bonds. The number of nitrogens with zero attached hydrogens (tertiary/aromatic N) is 2. The molecule has 59 heavy (non-hydrogen) atoms. The molecule has 0 radical (unpaired) electrons. The van der Waals surface area contributed by atoms with E-state index in [2.05, 4.69) is 170 Å². The van der Waals surface area contributed by atoms with Crippen LogP contribution in [0.5, 0.6) is 0 Å². The summed E-state index contributed by atoms with van der Waals surface area (Å²) in [6.07, 6.45) is 0. The van der Waals surface area contributed by atoms with Crippen LogP contribution in [-0.2, 0) is 20.4 Å². The summed E-state index contributed by atoms with van der Waals surface area (Å²) in [5.74, 6) is 0. The number of hydrogen-bond acceptors (Lipinski definition) is 2. The van der Waals surface area contributed by atoms with Gasteiger partial charge in [0.05, 0.1) is 12.1 Å². The first-order chi connectivity index (χ1) is 26.6. The van der Waals surface area contributed by atoms with Gasteiger partial charge in [0, 0.05) is 13.8 Å². The van der Waals surface area contributed by atoms with Gasteiger partial charge in [-0.2, -0.15) is 10.5 Å². The summed E-state index contributed by atoms with van der Waals surface area (Å²) in [6, 6.07) is 65.5. The van der Waals surface area contributed by atoms with Gasteiger partial charge in [0.25, 0.3) is 0 Å². The molecule has 0 fully saturated rings. The van der Waals surface area contributed by atoms with Gasteiger partial charge in [0.1, 0.15) is 0 Å². The van der Waals surface area contributed by atoms with Crippen LogP contribution in [0, 0.1) is 22.7 Å². The van der Waals surface area contributed by atoms with Crippen molar-refractivity contribution in [3.63, 3.8) is 0 Å². The molecule has 2 nitrogen and oxygen atoms in total. The van der Waals surface area contributed by atoms with E-state index < -0.39 is 54.8 Å². The van der Waals surface area contributed by atoms with Crippen molar-refractivity contribution in [2.75, 3.05) is 0 Å². The van der Waals surface area contributed by atoms with Crippen molar-refractivity contribution in [1.82, 2.24) is 0 Å². The minimum atomic E-state index is -11.2. The maximum atomic E-state index is 9.93. The molecule has 0 aromatic heterocycles. The van der Waals surface area contributed by atoms with E-state index in [-0.39, 0.29) is 20.4 Å². The monoisotopic (exact) mass is 1180 g/mol. The molecule has 0 aliphatic carbocycles. The van der Waals surface area contributed by atoms with Crippen molar-refractivity contribution in [2.45, 2.75) is 13.8 Å². The zero-order valence-corrected chi connectivity index (χ0v) is 39.1. The molecule has 19 heteroatoms. The Morgan fingerprint density at radius 2 is 0.492 bits per heavy atom. The maximum absolute atomic E-state index is 11.2. The first-order valence-electron chi connectivity index (χ1n) is 16.4. The van der Waals surface area contributed by atoms with Gasteiger partial charge >= 0.3 is 93.1 Å². The van der Waals surface area contributed by atoms with Crippen LogP contribution in [0.15, 0.2) is 170 Å². The zero-order valence-electron chi connectivity index (χ0n) is 30.7. The second kappa shape index (κ2) is 20.9. The van der Waals surface area contributed by atoms with Crippen molar-refractivity contribution < 1.29 is 54.2 Å². The average Bonchev–Trinajstić information content (AvgIpc) is 3.12. The van der Waals surface area contributed by atoms with E-state index in [1.807, 2.05) is 0 Å². The van der Waals surface area contributed by atoms with Gasteiger partial charge in [0.15, 0.2) is 0 Å². The molecule has 6 aromatic carbocycles. The van der Waals surface area contributed by atoms with Gasteiger partial charge in [0.2, 0.25) is 0 Å². The Balaban J connectivity index is 0.000000693. The van der Waals surface area contributed by atoms with Gasteiger partial charge in [-0.15, -0.1) is 0 Å². The molecular formula is C40H34F12N2P2PdSb2. The summed E-state index contributed by atoms with van der Waals surface area (Å²) in [6.45, 7) is 2.86. The summed E-state index contributed by atoms with van der Waals surface area (Å²) in [4.78, 5) is 0. The van der Waals surface area contributed by atoms with Crippen molar-refractivity contribution in [1.29, 1.82) is 10.5 Å². The third kappa shape index (κ3) is 24.5. The number of rotatable bonds is 7. The molecule has 0 aliphatic rings. The summed E-state index contributed by atoms with van der Waals surface area (Å²) >= 11 is -22.5. The average molecular weight is 1180 g/mol.